The minimum absolute atomic E-state index is 0.0652. The number of nitrogens with zero attached hydrogens (tertiary/aromatic N) is 2. The Kier molecular flexibility index (Phi) is 3.51. The zero-order valence-corrected chi connectivity index (χ0v) is 11.8. The molecule has 0 bridgehead atoms. The van der Waals surface area contributed by atoms with Crippen molar-refractivity contribution in [3.8, 4) is 0 Å². The molecule has 0 aliphatic rings. The van der Waals surface area contributed by atoms with E-state index in [1.165, 1.54) is 23.0 Å². The molecule has 0 spiro atoms. The largest absolute Gasteiger partial charge is 0.279 e. The average Bonchev–Trinajstić information content (AvgIpc) is 2.65. The van der Waals surface area contributed by atoms with Crippen LogP contribution in [0.2, 0.25) is 5.02 Å². The molecule has 0 saturated carbocycles. The number of anilines is 1. The van der Waals surface area contributed by atoms with Gasteiger partial charge in [-0.2, -0.15) is 5.10 Å². The Morgan fingerprint density at radius 1 is 1.42 bits per heavy atom. The van der Waals surface area contributed by atoms with E-state index in [-0.39, 0.29) is 15.6 Å². The number of nitrogens with one attached hydrogen (secondary N) is 1. The molecule has 8 heteroatoms. The van der Waals surface area contributed by atoms with Gasteiger partial charge in [0.25, 0.3) is 10.0 Å². The van der Waals surface area contributed by atoms with Gasteiger partial charge in [0.05, 0.1) is 22.6 Å². The second-order valence-electron chi connectivity index (χ2n) is 3.95. The molecule has 1 N–H and O–H groups in total. The van der Waals surface area contributed by atoms with Gasteiger partial charge in [0.2, 0.25) is 0 Å². The molecule has 0 saturated heterocycles. The van der Waals surface area contributed by atoms with Crippen molar-refractivity contribution in [3.63, 3.8) is 0 Å². The van der Waals surface area contributed by atoms with Crippen molar-refractivity contribution in [1.82, 2.24) is 9.78 Å². The fourth-order valence-electron chi connectivity index (χ4n) is 1.51. The lowest BCUT2D eigenvalue weighted by atomic mass is 10.3. The van der Waals surface area contributed by atoms with Crippen LogP contribution in [0.1, 0.15) is 5.69 Å². The van der Waals surface area contributed by atoms with Crippen LogP contribution in [0.4, 0.5) is 10.1 Å². The Morgan fingerprint density at radius 3 is 2.63 bits per heavy atom. The number of hydrogen-bond acceptors (Lipinski definition) is 3. The summed E-state index contributed by atoms with van der Waals surface area (Å²) in [4.78, 5) is 0.0652. The van der Waals surface area contributed by atoms with E-state index < -0.39 is 15.8 Å². The van der Waals surface area contributed by atoms with Crippen LogP contribution in [0, 0.1) is 12.7 Å². The van der Waals surface area contributed by atoms with Crippen LogP contribution >= 0.6 is 11.6 Å². The summed E-state index contributed by atoms with van der Waals surface area (Å²) in [7, 11) is -2.13. The minimum atomic E-state index is -3.77. The minimum Gasteiger partial charge on any atom is -0.279 e. The third kappa shape index (κ3) is 2.71. The summed E-state index contributed by atoms with van der Waals surface area (Å²) in [5.41, 5.74) is 0.690. The third-order valence-corrected chi connectivity index (χ3v) is 4.43. The van der Waals surface area contributed by atoms with Gasteiger partial charge in [-0.25, -0.2) is 12.8 Å². The molecule has 2 rings (SSSR count). The van der Waals surface area contributed by atoms with Gasteiger partial charge in [-0.1, -0.05) is 11.6 Å². The van der Waals surface area contributed by atoms with Crippen molar-refractivity contribution in [2.45, 2.75) is 11.8 Å². The van der Waals surface area contributed by atoms with E-state index in [1.54, 1.807) is 14.0 Å². The van der Waals surface area contributed by atoms with Crippen LogP contribution < -0.4 is 4.72 Å². The lowest BCUT2D eigenvalue weighted by molar-refractivity contribution is 0.600. The molecule has 0 aliphatic carbocycles. The van der Waals surface area contributed by atoms with E-state index in [4.69, 9.17) is 11.6 Å². The van der Waals surface area contributed by atoms with Crippen LogP contribution in [0.5, 0.6) is 0 Å². The second kappa shape index (κ2) is 4.82. The standard InChI is InChI=1S/C11H11ClFN3O2S/c1-7-11(6-14-16(7)2)19(17,18)15-8-3-4-10(13)9(12)5-8/h3-6,15H,1-2H3. The van der Waals surface area contributed by atoms with E-state index >= 15 is 0 Å². The molecule has 2 aromatic rings. The van der Waals surface area contributed by atoms with Gasteiger partial charge in [0.1, 0.15) is 10.7 Å². The zero-order chi connectivity index (χ0) is 14.2. The highest BCUT2D eigenvalue weighted by Gasteiger charge is 2.20. The fourth-order valence-corrected chi connectivity index (χ4v) is 2.95. The number of aryl methyl sites for hydroxylation is 1. The summed E-state index contributed by atoms with van der Waals surface area (Å²) in [5.74, 6) is -0.609. The molecular weight excluding hydrogens is 293 g/mol. The Labute approximate surface area is 115 Å². The molecule has 0 radical (unpaired) electrons. The van der Waals surface area contributed by atoms with Gasteiger partial charge in [-0.05, 0) is 25.1 Å². The fraction of sp³-hybridized carbons (Fsp3) is 0.182. The zero-order valence-electron chi connectivity index (χ0n) is 10.2. The van der Waals surface area contributed by atoms with Gasteiger partial charge < -0.3 is 0 Å². The topological polar surface area (TPSA) is 64.0 Å². The summed E-state index contributed by atoms with van der Waals surface area (Å²) in [5, 5.41) is 3.72. The van der Waals surface area contributed by atoms with Crippen LogP contribution in [-0.4, -0.2) is 18.2 Å². The van der Waals surface area contributed by atoms with Crippen molar-refractivity contribution in [1.29, 1.82) is 0 Å². The Balaban J connectivity index is 2.36. The monoisotopic (exact) mass is 303 g/mol. The highest BCUT2D eigenvalue weighted by atomic mass is 35.5. The van der Waals surface area contributed by atoms with E-state index in [0.717, 1.165) is 6.07 Å². The van der Waals surface area contributed by atoms with E-state index in [9.17, 15) is 12.8 Å². The molecule has 0 fully saturated rings. The first-order valence-electron chi connectivity index (χ1n) is 5.28. The number of halogens is 2. The molecule has 102 valence electrons. The van der Waals surface area contributed by atoms with Crippen LogP contribution in [-0.2, 0) is 17.1 Å². The van der Waals surface area contributed by atoms with Crippen molar-refractivity contribution in [2.75, 3.05) is 4.72 Å². The predicted octanol–water partition coefficient (Wildman–Crippen LogP) is 2.32. The normalized spacial score (nSPS) is 11.6. The number of sulfonamides is 1. The van der Waals surface area contributed by atoms with Gasteiger partial charge in [0.15, 0.2) is 0 Å². The highest BCUT2D eigenvalue weighted by molar-refractivity contribution is 7.92. The molecule has 19 heavy (non-hydrogen) atoms. The van der Waals surface area contributed by atoms with Crippen LogP contribution in [0.15, 0.2) is 29.3 Å². The van der Waals surface area contributed by atoms with Gasteiger partial charge >= 0.3 is 0 Å². The van der Waals surface area contributed by atoms with Crippen molar-refractivity contribution in [3.05, 3.63) is 40.9 Å². The van der Waals surface area contributed by atoms with Gasteiger partial charge in [-0.15, -0.1) is 0 Å². The quantitative estimate of drug-likeness (QED) is 0.946. The first-order chi connectivity index (χ1) is 8.81. The van der Waals surface area contributed by atoms with Gasteiger partial charge in [0, 0.05) is 7.05 Å². The number of benzene rings is 1. The predicted molar refractivity (Wildman–Crippen MR) is 70.2 cm³/mol. The van der Waals surface area contributed by atoms with Crippen molar-refractivity contribution >= 4 is 27.3 Å². The lowest BCUT2D eigenvalue weighted by Crippen LogP contribution is -2.14. The van der Waals surface area contributed by atoms with E-state index in [1.807, 2.05) is 0 Å². The molecule has 5 nitrogen and oxygen atoms in total. The Bertz CT molecular complexity index is 728. The first-order valence-corrected chi connectivity index (χ1v) is 7.14. The average molecular weight is 304 g/mol. The summed E-state index contributed by atoms with van der Waals surface area (Å²) in [6.07, 6.45) is 1.25. The molecule has 1 heterocycles. The molecule has 0 aliphatic heterocycles. The van der Waals surface area contributed by atoms with Gasteiger partial charge in [-0.3, -0.25) is 9.40 Å². The third-order valence-electron chi connectivity index (χ3n) is 2.65. The summed E-state index contributed by atoms with van der Waals surface area (Å²) < 4.78 is 41.0. The summed E-state index contributed by atoms with van der Waals surface area (Å²) in [6, 6.07) is 3.60. The molecule has 0 unspecified atom stereocenters. The lowest BCUT2D eigenvalue weighted by Gasteiger charge is -2.08. The van der Waals surface area contributed by atoms with Crippen molar-refractivity contribution < 1.29 is 12.8 Å². The molecular formula is C11H11ClFN3O2S. The summed E-state index contributed by atoms with van der Waals surface area (Å²) >= 11 is 5.60. The van der Waals surface area contributed by atoms with Crippen LogP contribution in [0.3, 0.4) is 0 Å². The maximum absolute atomic E-state index is 13.0. The summed E-state index contributed by atoms with van der Waals surface area (Å²) in [6.45, 7) is 1.64. The number of aromatic nitrogens is 2. The maximum Gasteiger partial charge on any atom is 0.265 e. The van der Waals surface area contributed by atoms with E-state index in [0.29, 0.717) is 5.69 Å². The van der Waals surface area contributed by atoms with E-state index in [2.05, 4.69) is 9.82 Å². The number of hydrogen-bond donors (Lipinski definition) is 1. The molecule has 1 aromatic heterocycles. The maximum atomic E-state index is 13.0. The Morgan fingerprint density at radius 2 is 2.11 bits per heavy atom. The molecule has 0 amide bonds. The van der Waals surface area contributed by atoms with Crippen LogP contribution in [0.25, 0.3) is 0 Å². The second-order valence-corrected chi connectivity index (χ2v) is 6.01. The molecule has 0 atom stereocenters. The highest BCUT2D eigenvalue weighted by Crippen LogP contribution is 2.23. The van der Waals surface area contributed by atoms with Crippen molar-refractivity contribution in [2.24, 2.45) is 7.05 Å². The number of rotatable bonds is 3. The smallest absolute Gasteiger partial charge is 0.265 e. The Hall–Kier alpha value is -1.60. The SMILES string of the molecule is Cc1c(S(=O)(=O)Nc2ccc(F)c(Cl)c2)cnn1C. The first kappa shape index (κ1) is 13.8. The molecule has 1 aromatic carbocycles.